The first-order chi connectivity index (χ1) is 15.6. The van der Waals surface area contributed by atoms with Gasteiger partial charge >= 0.3 is 12.0 Å². The van der Waals surface area contributed by atoms with E-state index in [1.807, 2.05) is 4.57 Å². The van der Waals surface area contributed by atoms with Crippen molar-refractivity contribution in [3.05, 3.63) is 0 Å². The summed E-state index contributed by atoms with van der Waals surface area (Å²) in [4.78, 5) is 27.0. The maximum Gasteiger partial charge on any atom is 0.320 e. The molecule has 0 atom stereocenters. The van der Waals surface area contributed by atoms with Gasteiger partial charge in [0.05, 0.1) is 46.5 Å². The normalized spacial score (nSPS) is 15.2. The van der Waals surface area contributed by atoms with Crippen LogP contribution in [0.5, 0.6) is 12.0 Å². The number of hydrogen-bond acceptors (Lipinski definition) is 10. The lowest BCUT2D eigenvalue weighted by Gasteiger charge is -2.30. The molecule has 32 heavy (non-hydrogen) atoms. The van der Waals surface area contributed by atoms with E-state index in [4.69, 9.17) is 24.7 Å². The molecule has 0 spiro atoms. The molecule has 2 aromatic rings. The van der Waals surface area contributed by atoms with Crippen LogP contribution in [0.2, 0.25) is 0 Å². The number of aromatic nitrogens is 4. The minimum atomic E-state index is -0.106. The van der Waals surface area contributed by atoms with E-state index in [2.05, 4.69) is 26.8 Å². The molecule has 2 N–H and O–H groups in total. The Bertz CT molecular complexity index is 881. The van der Waals surface area contributed by atoms with Crippen molar-refractivity contribution in [3.8, 4) is 12.0 Å². The maximum absolute atomic E-state index is 11.6. The number of esters is 1. The van der Waals surface area contributed by atoms with Gasteiger partial charge in [0.15, 0.2) is 17.0 Å². The number of ether oxygens (including phenoxy) is 4. The molecular formula is C21H34N6O5. The third kappa shape index (κ3) is 5.98. The molecular weight excluding hydrogens is 416 g/mol. The van der Waals surface area contributed by atoms with Crippen LogP contribution in [0.1, 0.15) is 32.6 Å². The highest BCUT2D eigenvalue weighted by molar-refractivity contribution is 5.83. The topological polar surface area (TPSA) is 127 Å². The van der Waals surface area contributed by atoms with Gasteiger partial charge in [-0.15, -0.1) is 0 Å². The number of nitrogen functional groups attached to an aromatic ring is 1. The second-order valence-corrected chi connectivity index (χ2v) is 7.77. The van der Waals surface area contributed by atoms with E-state index < -0.39 is 0 Å². The molecule has 2 aromatic heterocycles. The molecule has 3 rings (SSSR count). The van der Waals surface area contributed by atoms with Gasteiger partial charge in [-0.2, -0.15) is 15.0 Å². The van der Waals surface area contributed by atoms with E-state index in [9.17, 15) is 4.79 Å². The van der Waals surface area contributed by atoms with Crippen LogP contribution in [-0.2, 0) is 20.8 Å². The van der Waals surface area contributed by atoms with E-state index in [0.29, 0.717) is 43.5 Å². The Morgan fingerprint density at radius 2 is 1.84 bits per heavy atom. The van der Waals surface area contributed by atoms with Gasteiger partial charge in [-0.25, -0.2) is 0 Å². The van der Waals surface area contributed by atoms with Crippen LogP contribution in [0.15, 0.2) is 0 Å². The summed E-state index contributed by atoms with van der Waals surface area (Å²) >= 11 is 0. The molecule has 0 aromatic carbocycles. The Kier molecular flexibility index (Phi) is 8.86. The summed E-state index contributed by atoms with van der Waals surface area (Å²) in [6.07, 6.45) is 3.59. The first kappa shape index (κ1) is 24.0. The van der Waals surface area contributed by atoms with Crippen LogP contribution in [0.3, 0.4) is 0 Å². The highest BCUT2D eigenvalue weighted by atomic mass is 16.5. The molecule has 1 saturated heterocycles. The van der Waals surface area contributed by atoms with Gasteiger partial charge in [0.25, 0.3) is 6.01 Å². The average Bonchev–Trinajstić information content (AvgIpc) is 3.17. The number of nitrogens with two attached hydrogens (primary N) is 1. The average molecular weight is 451 g/mol. The monoisotopic (exact) mass is 450 g/mol. The van der Waals surface area contributed by atoms with Gasteiger partial charge in [0.2, 0.25) is 0 Å². The van der Waals surface area contributed by atoms with Gasteiger partial charge in [-0.1, -0.05) is 13.3 Å². The fourth-order valence-corrected chi connectivity index (χ4v) is 3.72. The molecule has 1 aliphatic rings. The minimum Gasteiger partial charge on any atom is -0.469 e. The zero-order valence-corrected chi connectivity index (χ0v) is 19.2. The smallest absolute Gasteiger partial charge is 0.320 e. The number of imidazole rings is 1. The summed E-state index contributed by atoms with van der Waals surface area (Å²) in [5.41, 5.74) is 7.11. The van der Waals surface area contributed by atoms with Crippen molar-refractivity contribution < 1.29 is 23.7 Å². The van der Waals surface area contributed by atoms with Crippen LogP contribution >= 0.6 is 0 Å². The SMILES string of the molecule is CCCCOc1nc(N)c2nc(OC)n(CCOCCN3CCC(C(=O)OC)CC3)c2n1. The van der Waals surface area contributed by atoms with E-state index in [-0.39, 0.29) is 23.7 Å². The standard InChI is InChI=1S/C21H34N6O5/c1-4-5-12-32-20-24-17(22)16-18(25-20)27(21(23-16)30-3)11-14-31-13-10-26-8-6-15(7-9-26)19(28)29-2/h15H,4-14H2,1-3H3,(H2,22,24,25). The van der Waals surface area contributed by atoms with Crippen LogP contribution in [0.25, 0.3) is 11.2 Å². The molecule has 3 heterocycles. The number of nitrogens with zero attached hydrogens (tertiary/aromatic N) is 5. The van der Waals surface area contributed by atoms with Crippen molar-refractivity contribution in [3.63, 3.8) is 0 Å². The van der Waals surface area contributed by atoms with Gasteiger partial charge < -0.3 is 29.6 Å². The zero-order chi connectivity index (χ0) is 22.9. The lowest BCUT2D eigenvalue weighted by atomic mass is 9.97. The van der Waals surface area contributed by atoms with Crippen molar-refractivity contribution >= 4 is 23.0 Å². The largest absolute Gasteiger partial charge is 0.469 e. The number of unbranched alkanes of at least 4 members (excludes halogenated alkanes) is 1. The van der Waals surface area contributed by atoms with Crippen molar-refractivity contribution in [1.82, 2.24) is 24.4 Å². The molecule has 11 nitrogen and oxygen atoms in total. The summed E-state index contributed by atoms with van der Waals surface area (Å²) in [6, 6.07) is 0.642. The molecule has 0 aliphatic carbocycles. The Labute approximate surface area is 188 Å². The molecule has 0 radical (unpaired) electrons. The van der Waals surface area contributed by atoms with Gasteiger partial charge in [0, 0.05) is 6.54 Å². The number of rotatable bonds is 12. The molecule has 1 fully saturated rings. The maximum atomic E-state index is 11.6. The predicted octanol–water partition coefficient (Wildman–Crippen LogP) is 1.50. The molecule has 1 aliphatic heterocycles. The highest BCUT2D eigenvalue weighted by Gasteiger charge is 2.25. The van der Waals surface area contributed by atoms with Gasteiger partial charge in [-0.3, -0.25) is 9.36 Å². The first-order valence-corrected chi connectivity index (χ1v) is 11.2. The number of methoxy groups -OCH3 is 2. The summed E-state index contributed by atoms with van der Waals surface area (Å²) in [7, 11) is 3.00. The van der Waals surface area contributed by atoms with Gasteiger partial charge in [0.1, 0.15) is 0 Å². The number of fused-ring (bicyclic) bond motifs is 1. The lowest BCUT2D eigenvalue weighted by molar-refractivity contribution is -0.147. The summed E-state index contributed by atoms with van der Waals surface area (Å²) in [6.45, 7) is 6.77. The lowest BCUT2D eigenvalue weighted by Crippen LogP contribution is -2.38. The number of carbonyl (C=O) groups is 1. The van der Waals surface area contributed by atoms with Crippen LogP contribution in [0, 0.1) is 5.92 Å². The molecule has 178 valence electrons. The van der Waals surface area contributed by atoms with Gasteiger partial charge in [-0.05, 0) is 32.4 Å². The molecule has 11 heteroatoms. The molecule has 0 unspecified atom stereocenters. The van der Waals surface area contributed by atoms with Crippen LogP contribution < -0.4 is 15.2 Å². The predicted molar refractivity (Wildman–Crippen MR) is 119 cm³/mol. The number of carbonyl (C=O) groups excluding carboxylic acids is 1. The zero-order valence-electron chi connectivity index (χ0n) is 19.2. The van der Waals surface area contributed by atoms with Crippen LogP contribution in [0.4, 0.5) is 5.82 Å². The number of hydrogen-bond donors (Lipinski definition) is 1. The first-order valence-electron chi connectivity index (χ1n) is 11.2. The molecule has 0 amide bonds. The van der Waals surface area contributed by atoms with E-state index in [1.165, 1.54) is 7.11 Å². The summed E-state index contributed by atoms with van der Waals surface area (Å²) < 4.78 is 23.5. The minimum absolute atomic E-state index is 0.0180. The van der Waals surface area contributed by atoms with Crippen LogP contribution in [-0.4, -0.2) is 84.1 Å². The number of anilines is 1. The van der Waals surface area contributed by atoms with Crippen molar-refractivity contribution in [2.24, 2.45) is 5.92 Å². The third-order valence-electron chi connectivity index (χ3n) is 5.61. The number of likely N-dealkylation sites (tertiary alicyclic amines) is 1. The summed E-state index contributed by atoms with van der Waals surface area (Å²) in [5, 5.41) is 0. The molecule has 0 bridgehead atoms. The van der Waals surface area contributed by atoms with Crippen molar-refractivity contribution in [2.75, 3.05) is 59.4 Å². The fourth-order valence-electron chi connectivity index (χ4n) is 3.72. The second kappa shape index (κ2) is 11.8. The van der Waals surface area contributed by atoms with Crippen molar-refractivity contribution in [2.45, 2.75) is 39.2 Å². The summed E-state index contributed by atoms with van der Waals surface area (Å²) in [5.74, 6) is 0.171. The fraction of sp³-hybridized carbons (Fsp3) is 0.714. The quantitative estimate of drug-likeness (QED) is 0.375. The van der Waals surface area contributed by atoms with E-state index in [0.717, 1.165) is 45.3 Å². The third-order valence-corrected chi connectivity index (χ3v) is 5.61. The highest BCUT2D eigenvalue weighted by Crippen LogP contribution is 2.25. The Morgan fingerprint density at radius 3 is 2.53 bits per heavy atom. The molecule has 0 saturated carbocycles. The number of piperidine rings is 1. The van der Waals surface area contributed by atoms with E-state index >= 15 is 0 Å². The van der Waals surface area contributed by atoms with Crippen molar-refractivity contribution in [1.29, 1.82) is 0 Å². The Balaban J connectivity index is 1.51. The second-order valence-electron chi connectivity index (χ2n) is 7.77. The Morgan fingerprint density at radius 1 is 1.09 bits per heavy atom. The Hall–Kier alpha value is -2.66. The van der Waals surface area contributed by atoms with E-state index in [1.54, 1.807) is 7.11 Å².